The Bertz CT molecular complexity index is 3280. The number of anilines is 3. The fourth-order valence-electron chi connectivity index (χ4n) is 8.74. The Hall–Kier alpha value is -7.94. The minimum atomic E-state index is 0.854. The maximum absolute atomic E-state index is 6.65. The molecule has 0 aliphatic rings. The highest BCUT2D eigenvalue weighted by atomic mass is 16.3. The van der Waals surface area contributed by atoms with Gasteiger partial charge in [0.25, 0.3) is 0 Å². The molecule has 0 saturated carbocycles. The summed E-state index contributed by atoms with van der Waals surface area (Å²) in [5, 5.41) is 4.54. The van der Waals surface area contributed by atoms with E-state index in [1.54, 1.807) is 0 Å². The number of fused-ring (bicyclic) bond motifs is 4. The molecule has 0 aliphatic carbocycles. The molecule has 0 spiro atoms. The SMILES string of the molecule is c1ccc(-c2ccc(N(c3ccc4cc(-c5ccccc5)ccc4c3)c3ccc4oc5ccccc5c4c3-c3ccc(-c4ccccc4)cc3-c3ccccc3)cc2)cc1. The van der Waals surface area contributed by atoms with E-state index in [9.17, 15) is 0 Å². The van der Waals surface area contributed by atoms with Crippen molar-refractivity contribution in [3.63, 3.8) is 0 Å². The molecule has 60 heavy (non-hydrogen) atoms. The third-order valence-electron chi connectivity index (χ3n) is 11.7. The summed E-state index contributed by atoms with van der Waals surface area (Å²) in [5.41, 5.74) is 16.6. The highest BCUT2D eigenvalue weighted by Gasteiger charge is 2.25. The van der Waals surface area contributed by atoms with Gasteiger partial charge in [-0.1, -0.05) is 182 Å². The van der Waals surface area contributed by atoms with Crippen LogP contribution in [0.3, 0.4) is 0 Å². The quantitative estimate of drug-likeness (QED) is 0.153. The number of nitrogens with zero attached hydrogens (tertiary/aromatic N) is 1. The Morgan fingerprint density at radius 1 is 0.300 bits per heavy atom. The molecule has 0 unspecified atom stereocenters. The highest BCUT2D eigenvalue weighted by molar-refractivity contribution is 6.18. The molecule has 0 amide bonds. The molecule has 0 N–H and O–H groups in total. The summed E-state index contributed by atoms with van der Waals surface area (Å²) in [6.07, 6.45) is 0. The Labute approximate surface area is 349 Å². The Balaban J connectivity index is 1.19. The molecule has 2 heteroatoms. The van der Waals surface area contributed by atoms with Crippen molar-refractivity contribution in [2.75, 3.05) is 4.90 Å². The van der Waals surface area contributed by atoms with Crippen LogP contribution in [0.1, 0.15) is 0 Å². The van der Waals surface area contributed by atoms with Gasteiger partial charge in [0.05, 0.1) is 5.69 Å². The maximum Gasteiger partial charge on any atom is 0.136 e. The number of rotatable bonds is 8. The number of benzene rings is 10. The van der Waals surface area contributed by atoms with E-state index in [4.69, 9.17) is 4.42 Å². The molecule has 0 radical (unpaired) electrons. The van der Waals surface area contributed by atoms with Crippen LogP contribution in [-0.2, 0) is 0 Å². The van der Waals surface area contributed by atoms with E-state index >= 15 is 0 Å². The summed E-state index contributed by atoms with van der Waals surface area (Å²) < 4.78 is 6.65. The lowest BCUT2D eigenvalue weighted by Gasteiger charge is -2.29. The number of para-hydroxylation sites is 1. The first-order chi connectivity index (χ1) is 29.7. The van der Waals surface area contributed by atoms with Crippen LogP contribution >= 0.6 is 0 Å². The molecule has 11 rings (SSSR count). The Morgan fingerprint density at radius 2 is 0.800 bits per heavy atom. The molecule has 0 atom stereocenters. The molecule has 0 saturated heterocycles. The van der Waals surface area contributed by atoms with E-state index in [0.29, 0.717) is 0 Å². The van der Waals surface area contributed by atoms with Gasteiger partial charge in [-0.15, -0.1) is 0 Å². The van der Waals surface area contributed by atoms with Crippen molar-refractivity contribution in [2.24, 2.45) is 0 Å². The minimum absolute atomic E-state index is 0.854. The zero-order valence-electron chi connectivity index (χ0n) is 32.9. The first-order valence-corrected chi connectivity index (χ1v) is 20.5. The molecule has 1 aromatic heterocycles. The summed E-state index contributed by atoms with van der Waals surface area (Å²) in [5.74, 6) is 0. The number of hydrogen-bond donors (Lipinski definition) is 0. The van der Waals surface area contributed by atoms with Gasteiger partial charge in [0.2, 0.25) is 0 Å². The molecule has 2 nitrogen and oxygen atoms in total. The largest absolute Gasteiger partial charge is 0.456 e. The first-order valence-electron chi connectivity index (χ1n) is 20.5. The molecular formula is C58H39NO. The summed E-state index contributed by atoms with van der Waals surface area (Å²) in [6, 6.07) is 85.0. The van der Waals surface area contributed by atoms with Crippen LogP contribution in [0.2, 0.25) is 0 Å². The Kier molecular flexibility index (Phi) is 8.87. The van der Waals surface area contributed by atoms with Crippen molar-refractivity contribution in [2.45, 2.75) is 0 Å². The molecule has 11 aromatic rings. The van der Waals surface area contributed by atoms with E-state index in [1.165, 1.54) is 44.2 Å². The second-order valence-electron chi connectivity index (χ2n) is 15.3. The molecule has 0 aliphatic heterocycles. The van der Waals surface area contributed by atoms with Crippen molar-refractivity contribution >= 4 is 49.8 Å². The van der Waals surface area contributed by atoms with E-state index in [-0.39, 0.29) is 0 Å². The van der Waals surface area contributed by atoms with E-state index in [0.717, 1.165) is 61.3 Å². The topological polar surface area (TPSA) is 16.4 Å². The van der Waals surface area contributed by atoms with Crippen LogP contribution in [0.5, 0.6) is 0 Å². The average Bonchev–Trinajstić information content (AvgIpc) is 3.71. The lowest BCUT2D eigenvalue weighted by atomic mass is 9.88. The number of furan rings is 1. The fraction of sp³-hybridized carbons (Fsp3) is 0. The van der Waals surface area contributed by atoms with Crippen LogP contribution in [0.15, 0.2) is 241 Å². The molecule has 0 bridgehead atoms. The summed E-state index contributed by atoms with van der Waals surface area (Å²) >= 11 is 0. The van der Waals surface area contributed by atoms with Gasteiger partial charge in [0.15, 0.2) is 0 Å². The van der Waals surface area contributed by atoms with E-state index in [2.05, 4.69) is 235 Å². The Morgan fingerprint density at radius 3 is 1.48 bits per heavy atom. The van der Waals surface area contributed by atoms with Crippen molar-refractivity contribution in [1.29, 1.82) is 0 Å². The zero-order valence-corrected chi connectivity index (χ0v) is 32.9. The second kappa shape index (κ2) is 15.1. The number of hydrogen-bond acceptors (Lipinski definition) is 2. The van der Waals surface area contributed by atoms with Gasteiger partial charge < -0.3 is 9.32 Å². The highest BCUT2D eigenvalue weighted by Crippen LogP contribution is 2.50. The van der Waals surface area contributed by atoms with E-state index in [1.807, 2.05) is 6.07 Å². The first kappa shape index (κ1) is 35.2. The normalized spacial score (nSPS) is 11.3. The molecule has 282 valence electrons. The van der Waals surface area contributed by atoms with Crippen LogP contribution in [0, 0.1) is 0 Å². The smallest absolute Gasteiger partial charge is 0.136 e. The fourth-order valence-corrected chi connectivity index (χ4v) is 8.74. The second-order valence-corrected chi connectivity index (χ2v) is 15.3. The van der Waals surface area contributed by atoms with Gasteiger partial charge in [-0.3, -0.25) is 0 Å². The standard InChI is InChI=1S/C58H39NO/c1-5-15-40(16-6-1)43-27-31-49(32-28-43)59(50-33-29-46-37-45(25-26-47(46)38-50)41-17-7-2-8-18-41)54-35-36-56-58(52-23-13-14-24-55(52)60-56)57(54)51-34-30-48(42-19-9-3-10-20-42)39-53(51)44-21-11-4-12-22-44/h1-39H. The van der Waals surface area contributed by atoms with E-state index < -0.39 is 0 Å². The van der Waals surface area contributed by atoms with Gasteiger partial charge in [0, 0.05) is 27.7 Å². The van der Waals surface area contributed by atoms with Crippen molar-refractivity contribution < 1.29 is 4.42 Å². The molecule has 0 fully saturated rings. The predicted octanol–water partition coefficient (Wildman–Crippen LogP) is 16.5. The summed E-state index contributed by atoms with van der Waals surface area (Å²) in [4.78, 5) is 2.43. The van der Waals surface area contributed by atoms with Crippen molar-refractivity contribution in [1.82, 2.24) is 0 Å². The van der Waals surface area contributed by atoms with Gasteiger partial charge in [-0.2, -0.15) is 0 Å². The average molecular weight is 766 g/mol. The monoisotopic (exact) mass is 765 g/mol. The van der Waals surface area contributed by atoms with Gasteiger partial charge in [-0.05, 0) is 115 Å². The lowest BCUT2D eigenvalue weighted by Crippen LogP contribution is -2.11. The van der Waals surface area contributed by atoms with Gasteiger partial charge in [0.1, 0.15) is 11.2 Å². The van der Waals surface area contributed by atoms with Crippen molar-refractivity contribution in [3.8, 4) is 55.6 Å². The van der Waals surface area contributed by atoms with Gasteiger partial charge in [-0.25, -0.2) is 0 Å². The van der Waals surface area contributed by atoms with Crippen LogP contribution in [0.25, 0.3) is 88.3 Å². The van der Waals surface area contributed by atoms with Crippen LogP contribution < -0.4 is 4.90 Å². The minimum Gasteiger partial charge on any atom is -0.456 e. The predicted molar refractivity (Wildman–Crippen MR) is 253 cm³/mol. The molecular weight excluding hydrogens is 727 g/mol. The molecule has 10 aromatic carbocycles. The van der Waals surface area contributed by atoms with Crippen LogP contribution in [0.4, 0.5) is 17.1 Å². The zero-order chi connectivity index (χ0) is 39.8. The third-order valence-corrected chi connectivity index (χ3v) is 11.7. The summed E-state index contributed by atoms with van der Waals surface area (Å²) in [6.45, 7) is 0. The molecule has 1 heterocycles. The van der Waals surface area contributed by atoms with Crippen LogP contribution in [-0.4, -0.2) is 0 Å². The van der Waals surface area contributed by atoms with Crippen molar-refractivity contribution in [3.05, 3.63) is 237 Å². The lowest BCUT2D eigenvalue weighted by molar-refractivity contribution is 0.669. The summed E-state index contributed by atoms with van der Waals surface area (Å²) in [7, 11) is 0. The maximum atomic E-state index is 6.65. The van der Waals surface area contributed by atoms with Gasteiger partial charge >= 0.3 is 0 Å². The third kappa shape index (κ3) is 6.41.